The number of pyridine rings is 1. The molecule has 1 aliphatic rings. The van der Waals surface area contributed by atoms with Gasteiger partial charge in [0.1, 0.15) is 11.9 Å². The molecule has 3 aromatic rings. The van der Waals surface area contributed by atoms with E-state index in [0.717, 1.165) is 54.6 Å². The smallest absolute Gasteiger partial charge is 0.303 e. The molecular weight excluding hydrogens is 546 g/mol. The third kappa shape index (κ3) is 7.53. The van der Waals surface area contributed by atoms with Crippen molar-refractivity contribution in [1.29, 1.82) is 0 Å². The highest BCUT2D eigenvalue weighted by atomic mass is 35.5. The number of aromatic nitrogens is 1. The number of aliphatic carboxylic acids is 1. The maximum Gasteiger partial charge on any atom is 0.303 e. The lowest BCUT2D eigenvalue weighted by Crippen LogP contribution is -2.41. The van der Waals surface area contributed by atoms with Gasteiger partial charge >= 0.3 is 5.97 Å². The second-order valence-electron chi connectivity index (χ2n) is 9.98. The summed E-state index contributed by atoms with van der Waals surface area (Å²) in [5.41, 5.74) is 0.625. The number of halogens is 3. The van der Waals surface area contributed by atoms with Crippen LogP contribution in [0.5, 0.6) is 5.75 Å². The zero-order valence-electron chi connectivity index (χ0n) is 21.5. The van der Waals surface area contributed by atoms with Crippen LogP contribution in [-0.2, 0) is 4.79 Å². The molecule has 2 aromatic carbocycles. The van der Waals surface area contributed by atoms with E-state index in [1.54, 1.807) is 37.1 Å². The third-order valence-corrected chi connectivity index (χ3v) is 9.05. The minimum atomic E-state index is -1.33. The number of carboxylic acid groups (broad SMARTS) is 1. The predicted molar refractivity (Wildman–Crippen MR) is 154 cm³/mol. The van der Waals surface area contributed by atoms with E-state index in [9.17, 15) is 9.90 Å². The van der Waals surface area contributed by atoms with Gasteiger partial charge in [-0.3, -0.25) is 9.78 Å². The van der Waals surface area contributed by atoms with Crippen LogP contribution in [0.3, 0.4) is 0 Å². The molecule has 2 heterocycles. The first-order valence-electron chi connectivity index (χ1n) is 12.9. The first kappa shape index (κ1) is 28.9. The molecule has 0 bridgehead atoms. The molecule has 0 aliphatic carbocycles. The SMILES string of the molecule is COc1ccc2ncc(Cl)c([C@H](F)CCC3(CC(=O)O)CCN(CCCSc4cccc(Cl)c4)CC3)c2c1. The Balaban J connectivity index is 1.35. The van der Waals surface area contributed by atoms with Gasteiger partial charge in [-0.15, -0.1) is 11.8 Å². The Kier molecular flexibility index (Phi) is 10.2. The Labute approximate surface area is 237 Å². The van der Waals surface area contributed by atoms with E-state index in [2.05, 4.69) is 16.0 Å². The Morgan fingerprint density at radius 2 is 2.03 bits per heavy atom. The molecule has 0 spiro atoms. The second-order valence-corrected chi connectivity index (χ2v) is 12.0. The molecule has 1 aliphatic heterocycles. The number of ether oxygens (including phenoxy) is 1. The van der Waals surface area contributed by atoms with Crippen molar-refractivity contribution in [2.75, 3.05) is 32.5 Å². The maximum absolute atomic E-state index is 15.7. The van der Waals surface area contributed by atoms with Crippen LogP contribution in [0.1, 0.15) is 50.3 Å². The van der Waals surface area contributed by atoms with Crippen molar-refractivity contribution in [2.45, 2.75) is 49.6 Å². The lowest BCUT2D eigenvalue weighted by Gasteiger charge is -2.41. The largest absolute Gasteiger partial charge is 0.497 e. The summed E-state index contributed by atoms with van der Waals surface area (Å²) in [5.74, 6) is 0.770. The average Bonchev–Trinajstić information content (AvgIpc) is 2.90. The van der Waals surface area contributed by atoms with Gasteiger partial charge in [-0.25, -0.2) is 4.39 Å². The van der Waals surface area contributed by atoms with Gasteiger partial charge in [0.25, 0.3) is 0 Å². The molecule has 0 unspecified atom stereocenters. The Morgan fingerprint density at radius 3 is 2.74 bits per heavy atom. The van der Waals surface area contributed by atoms with Crippen molar-refractivity contribution in [1.82, 2.24) is 9.88 Å². The highest BCUT2D eigenvalue weighted by Gasteiger charge is 2.37. The minimum absolute atomic E-state index is 0.0524. The van der Waals surface area contributed by atoms with Crippen LogP contribution in [0.15, 0.2) is 53.6 Å². The normalized spacial score (nSPS) is 16.4. The first-order chi connectivity index (χ1) is 18.3. The molecule has 0 saturated carbocycles. The van der Waals surface area contributed by atoms with Crippen LogP contribution < -0.4 is 4.74 Å². The number of hydrogen-bond donors (Lipinski definition) is 1. The fourth-order valence-electron chi connectivity index (χ4n) is 5.31. The van der Waals surface area contributed by atoms with E-state index in [4.69, 9.17) is 27.9 Å². The Morgan fingerprint density at radius 1 is 1.24 bits per heavy atom. The number of benzene rings is 2. The average molecular weight is 580 g/mol. The van der Waals surface area contributed by atoms with Crippen molar-refractivity contribution in [3.63, 3.8) is 0 Å². The van der Waals surface area contributed by atoms with Crippen LogP contribution >= 0.6 is 35.0 Å². The maximum atomic E-state index is 15.7. The molecule has 204 valence electrons. The topological polar surface area (TPSA) is 62.7 Å². The number of fused-ring (bicyclic) bond motifs is 1. The third-order valence-electron chi connectivity index (χ3n) is 7.44. The van der Waals surface area contributed by atoms with Crippen LogP contribution in [0, 0.1) is 5.41 Å². The number of methoxy groups -OCH3 is 1. The number of thioether (sulfide) groups is 1. The number of piperidine rings is 1. The van der Waals surface area contributed by atoms with Gasteiger partial charge in [0.05, 0.1) is 24.1 Å². The van der Waals surface area contributed by atoms with Gasteiger partial charge in [-0.2, -0.15) is 0 Å². The van der Waals surface area contributed by atoms with Gasteiger partial charge < -0.3 is 14.7 Å². The molecule has 38 heavy (non-hydrogen) atoms. The van der Waals surface area contributed by atoms with Crippen molar-refractivity contribution in [3.05, 3.63) is 64.3 Å². The number of carboxylic acids is 1. The zero-order valence-corrected chi connectivity index (χ0v) is 23.8. The summed E-state index contributed by atoms with van der Waals surface area (Å²) in [6.45, 7) is 2.60. The number of likely N-dealkylation sites (tertiary alicyclic amines) is 1. The molecule has 1 N–H and O–H groups in total. The van der Waals surface area contributed by atoms with Crippen LogP contribution in [0.4, 0.5) is 4.39 Å². The van der Waals surface area contributed by atoms with E-state index in [-0.39, 0.29) is 17.9 Å². The first-order valence-corrected chi connectivity index (χ1v) is 14.6. The molecule has 1 atom stereocenters. The van der Waals surface area contributed by atoms with Crippen molar-refractivity contribution < 1.29 is 19.0 Å². The fraction of sp³-hybridized carbons (Fsp3) is 0.448. The Bertz CT molecular complexity index is 1250. The molecule has 5 nitrogen and oxygen atoms in total. The molecular formula is C29H33Cl2FN2O3S. The van der Waals surface area contributed by atoms with Gasteiger partial charge in [-0.1, -0.05) is 29.3 Å². The molecule has 1 fully saturated rings. The monoisotopic (exact) mass is 578 g/mol. The van der Waals surface area contributed by atoms with Crippen LogP contribution in [0.2, 0.25) is 10.0 Å². The Hall–Kier alpha value is -2.06. The lowest BCUT2D eigenvalue weighted by molar-refractivity contribution is -0.141. The highest BCUT2D eigenvalue weighted by Crippen LogP contribution is 2.44. The quantitative estimate of drug-likeness (QED) is 0.173. The lowest BCUT2D eigenvalue weighted by atomic mass is 9.71. The molecule has 0 amide bonds. The number of rotatable bonds is 12. The summed E-state index contributed by atoms with van der Waals surface area (Å²) < 4.78 is 21.1. The zero-order chi connectivity index (χ0) is 27.1. The molecule has 1 saturated heterocycles. The second kappa shape index (κ2) is 13.3. The van der Waals surface area contributed by atoms with E-state index >= 15 is 4.39 Å². The summed E-state index contributed by atoms with van der Waals surface area (Å²) in [4.78, 5) is 19.7. The molecule has 4 rings (SSSR count). The van der Waals surface area contributed by atoms with E-state index < -0.39 is 17.6 Å². The van der Waals surface area contributed by atoms with Crippen LogP contribution in [0.25, 0.3) is 10.9 Å². The summed E-state index contributed by atoms with van der Waals surface area (Å²) in [5, 5.41) is 11.3. The van der Waals surface area contributed by atoms with Crippen molar-refractivity contribution >= 4 is 51.8 Å². The van der Waals surface area contributed by atoms with Crippen LogP contribution in [-0.4, -0.2) is 53.5 Å². The van der Waals surface area contributed by atoms with E-state index in [1.807, 2.05) is 18.2 Å². The van der Waals surface area contributed by atoms with Gasteiger partial charge in [0.15, 0.2) is 0 Å². The number of nitrogens with zero attached hydrogens (tertiary/aromatic N) is 2. The van der Waals surface area contributed by atoms with Gasteiger partial charge in [0, 0.05) is 27.1 Å². The van der Waals surface area contributed by atoms with E-state index in [1.165, 1.54) is 6.20 Å². The standard InChI is InChI=1S/C29H33Cl2FN2O3S/c1-37-21-6-7-26-23(17-21)28(24(31)19-33-26)25(32)8-9-29(18-27(35)36)10-13-34(14-11-29)12-3-15-38-22-5-2-4-20(30)16-22/h2,4-7,16-17,19,25H,3,8-15,18H2,1H3,(H,35,36)/t25-/m1/s1. The fourth-order valence-corrected chi connectivity index (χ4v) is 6.73. The van der Waals surface area contributed by atoms with Crippen molar-refractivity contribution in [2.24, 2.45) is 5.41 Å². The van der Waals surface area contributed by atoms with Gasteiger partial charge in [0.2, 0.25) is 0 Å². The summed E-state index contributed by atoms with van der Waals surface area (Å²) >= 11 is 14.3. The minimum Gasteiger partial charge on any atom is -0.497 e. The molecule has 9 heteroatoms. The number of hydrogen-bond acceptors (Lipinski definition) is 5. The number of carbonyl (C=O) groups is 1. The molecule has 0 radical (unpaired) electrons. The summed E-state index contributed by atoms with van der Waals surface area (Å²) in [7, 11) is 1.56. The summed E-state index contributed by atoms with van der Waals surface area (Å²) in [6, 6.07) is 13.2. The summed E-state index contributed by atoms with van der Waals surface area (Å²) in [6.07, 6.45) is 3.42. The van der Waals surface area contributed by atoms with Gasteiger partial charge in [-0.05, 0) is 99.3 Å². The predicted octanol–water partition coefficient (Wildman–Crippen LogP) is 8.08. The van der Waals surface area contributed by atoms with Crippen molar-refractivity contribution in [3.8, 4) is 5.75 Å². The number of alkyl halides is 1. The highest BCUT2D eigenvalue weighted by molar-refractivity contribution is 7.99. The molecule has 1 aromatic heterocycles. The van der Waals surface area contributed by atoms with E-state index in [0.29, 0.717) is 28.6 Å².